The van der Waals surface area contributed by atoms with E-state index in [4.69, 9.17) is 15.0 Å². The van der Waals surface area contributed by atoms with Gasteiger partial charge < -0.3 is 20.1 Å². The summed E-state index contributed by atoms with van der Waals surface area (Å²) in [6.07, 6.45) is -5.02. The van der Waals surface area contributed by atoms with Crippen LogP contribution in [0.4, 0.5) is 24.8 Å². The average Bonchev–Trinajstić information content (AvgIpc) is 3.61. The van der Waals surface area contributed by atoms with E-state index in [1.54, 1.807) is 12.1 Å². The lowest BCUT2D eigenvalue weighted by Gasteiger charge is -2.32. The Labute approximate surface area is 203 Å². The molecule has 5 heterocycles. The summed E-state index contributed by atoms with van der Waals surface area (Å²) in [6.45, 7) is 0.173. The number of nitrogens with one attached hydrogen (secondary N) is 1. The number of nitrogen functional groups attached to an aromatic ring is 1. The molecular weight excluding hydrogens is 499 g/mol. The summed E-state index contributed by atoms with van der Waals surface area (Å²) in [5.74, 6) is -0.190. The number of aliphatic hydroxyl groups excluding tert-OH is 1. The molecule has 4 N–H and O–H groups in total. The fourth-order valence-electron chi connectivity index (χ4n) is 4.02. The van der Waals surface area contributed by atoms with E-state index in [-0.39, 0.29) is 30.5 Å². The second kappa shape index (κ2) is 8.24. The normalized spacial score (nSPS) is 17.7. The van der Waals surface area contributed by atoms with Crippen molar-refractivity contribution in [3.63, 3.8) is 0 Å². The Bertz CT molecular complexity index is 1640. The van der Waals surface area contributed by atoms with Crippen LogP contribution < -0.4 is 10.6 Å². The second-order valence-electron chi connectivity index (χ2n) is 8.18. The number of hydrogen-bond donors (Lipinski definition) is 3. The van der Waals surface area contributed by atoms with Gasteiger partial charge in [-0.2, -0.15) is 18.3 Å². The van der Waals surface area contributed by atoms with Crippen molar-refractivity contribution in [3.8, 4) is 5.69 Å². The van der Waals surface area contributed by atoms with E-state index in [0.717, 1.165) is 16.9 Å². The molecule has 16 heteroatoms. The zero-order valence-electron chi connectivity index (χ0n) is 18.5. The largest absolute Gasteiger partial charge is 0.435 e. The number of fused-ring (bicyclic) bond motifs is 2. The summed E-state index contributed by atoms with van der Waals surface area (Å²) in [6, 6.07) is 5.48. The standard InChI is InChI=1S/C21H16F3N9O4/c22-21(23,24)14-5-9(8-26-29-14)33-2-1-15(30-33)32-3-4-36-17(20(32)35)16(34)19-27-11-6-10-13(7-12(11)28-19)37-31-18(10)25/h1-2,5-8,16-17,31,34H,3-4,25H2. The van der Waals surface area contributed by atoms with Gasteiger partial charge in [0, 0.05) is 18.3 Å². The van der Waals surface area contributed by atoms with Gasteiger partial charge in [0.25, 0.3) is 5.91 Å². The third-order valence-electron chi connectivity index (χ3n) is 5.83. The smallest absolute Gasteiger partial charge is 0.382 e. The number of rotatable bonds is 4. The van der Waals surface area contributed by atoms with Crippen molar-refractivity contribution in [3.05, 3.63) is 48.2 Å². The third kappa shape index (κ3) is 3.91. The third-order valence-corrected chi connectivity index (χ3v) is 5.83. The maximum atomic E-state index is 13.2. The minimum atomic E-state index is -4.68. The van der Waals surface area contributed by atoms with Crippen molar-refractivity contribution in [1.29, 1.82) is 0 Å². The molecule has 37 heavy (non-hydrogen) atoms. The fourth-order valence-corrected chi connectivity index (χ4v) is 4.02. The van der Waals surface area contributed by atoms with E-state index in [1.807, 2.05) is 0 Å². The van der Waals surface area contributed by atoms with Crippen molar-refractivity contribution in [2.24, 2.45) is 0 Å². The molecule has 1 aromatic carbocycles. The molecule has 2 unspecified atom stereocenters. The first-order valence-corrected chi connectivity index (χ1v) is 10.8. The SMILES string of the molecule is Nc1[nH]oc2cc3nc(C(O)C4OCCN(c5ccn(-c6cnnc(C(F)(F)F)c6)n5)C4=O)nc3cc12. The van der Waals surface area contributed by atoms with Gasteiger partial charge in [0.05, 0.1) is 41.5 Å². The summed E-state index contributed by atoms with van der Waals surface area (Å²) in [4.78, 5) is 23.1. The van der Waals surface area contributed by atoms with Gasteiger partial charge in [-0.1, -0.05) is 0 Å². The van der Waals surface area contributed by atoms with Crippen LogP contribution in [0.5, 0.6) is 0 Å². The first-order chi connectivity index (χ1) is 17.7. The van der Waals surface area contributed by atoms with Gasteiger partial charge in [0.1, 0.15) is 11.9 Å². The highest BCUT2D eigenvalue weighted by Gasteiger charge is 2.39. The Balaban J connectivity index is 1.25. The van der Waals surface area contributed by atoms with Gasteiger partial charge in [-0.15, -0.1) is 10.2 Å². The summed E-state index contributed by atoms with van der Waals surface area (Å²) in [7, 11) is 0. The van der Waals surface area contributed by atoms with Gasteiger partial charge in [0.2, 0.25) is 0 Å². The molecule has 0 spiro atoms. The van der Waals surface area contributed by atoms with E-state index in [2.05, 4.69) is 30.4 Å². The maximum Gasteiger partial charge on any atom is 0.435 e. The molecule has 4 aromatic heterocycles. The van der Waals surface area contributed by atoms with Crippen LogP contribution >= 0.6 is 0 Å². The molecule has 13 nitrogen and oxygen atoms in total. The van der Waals surface area contributed by atoms with Crippen LogP contribution in [0.2, 0.25) is 0 Å². The number of H-pyrrole nitrogens is 1. The molecule has 1 fully saturated rings. The van der Waals surface area contributed by atoms with Crippen LogP contribution in [-0.2, 0) is 15.7 Å². The van der Waals surface area contributed by atoms with Crippen LogP contribution in [0.25, 0.3) is 27.7 Å². The second-order valence-corrected chi connectivity index (χ2v) is 8.18. The predicted molar refractivity (Wildman–Crippen MR) is 119 cm³/mol. The maximum absolute atomic E-state index is 13.2. The van der Waals surface area contributed by atoms with Crippen molar-refractivity contribution in [2.75, 3.05) is 23.8 Å². The molecule has 1 saturated heterocycles. The Morgan fingerprint density at radius 3 is 2.78 bits per heavy atom. The first kappa shape index (κ1) is 22.9. The lowest BCUT2D eigenvalue weighted by atomic mass is 10.1. The predicted octanol–water partition coefficient (Wildman–Crippen LogP) is 1.75. The van der Waals surface area contributed by atoms with Gasteiger partial charge in [-0.25, -0.2) is 19.8 Å². The van der Waals surface area contributed by atoms with Crippen LogP contribution in [-0.4, -0.2) is 65.4 Å². The number of aliphatic hydroxyl groups is 1. The number of carbonyl (C=O) groups is 1. The Morgan fingerprint density at radius 1 is 1.22 bits per heavy atom. The number of nitrogens with two attached hydrogens (primary N) is 1. The van der Waals surface area contributed by atoms with Crippen molar-refractivity contribution in [2.45, 2.75) is 18.4 Å². The summed E-state index contributed by atoms with van der Waals surface area (Å²) in [5, 5.41) is 24.7. The molecule has 0 radical (unpaired) electrons. The van der Waals surface area contributed by atoms with Crippen LogP contribution in [0.3, 0.4) is 0 Å². The molecule has 1 amide bonds. The molecule has 5 aromatic rings. The van der Waals surface area contributed by atoms with E-state index in [0.29, 0.717) is 27.8 Å². The average molecular weight is 515 g/mol. The number of carbonyl (C=O) groups excluding carboxylic acids is 1. The quantitative estimate of drug-likeness (QED) is 0.320. The highest BCUT2D eigenvalue weighted by molar-refractivity contribution is 5.98. The summed E-state index contributed by atoms with van der Waals surface area (Å²) < 4.78 is 50.9. The number of morpholine rings is 1. The number of halogens is 3. The molecule has 0 aliphatic carbocycles. The number of imidazole rings is 1. The molecule has 0 saturated carbocycles. The van der Waals surface area contributed by atoms with Crippen LogP contribution in [0.1, 0.15) is 17.6 Å². The fraction of sp³-hybridized carbons (Fsp3) is 0.238. The number of nitrogens with zero attached hydrogens (tertiary/aromatic N) is 7. The van der Waals surface area contributed by atoms with Gasteiger partial charge >= 0.3 is 6.18 Å². The first-order valence-electron chi connectivity index (χ1n) is 10.8. The Kier molecular flexibility index (Phi) is 5.09. The van der Waals surface area contributed by atoms with Crippen molar-refractivity contribution >= 4 is 39.5 Å². The topological polar surface area (TPSA) is 174 Å². The van der Waals surface area contributed by atoms with E-state index in [9.17, 15) is 23.1 Å². The monoisotopic (exact) mass is 515 g/mol. The van der Waals surface area contributed by atoms with Gasteiger partial charge in [-0.3, -0.25) is 9.69 Å². The van der Waals surface area contributed by atoms with E-state index < -0.39 is 30.0 Å². The van der Waals surface area contributed by atoms with Crippen molar-refractivity contribution in [1.82, 2.24) is 35.1 Å². The number of aromatic amines is 1. The summed E-state index contributed by atoms with van der Waals surface area (Å²) in [5.41, 5.74) is 5.96. The molecule has 190 valence electrons. The summed E-state index contributed by atoms with van der Waals surface area (Å²) >= 11 is 0. The van der Waals surface area contributed by atoms with Gasteiger partial charge in [-0.05, 0) is 12.1 Å². The Hall–Kier alpha value is -4.57. The van der Waals surface area contributed by atoms with E-state index in [1.165, 1.54) is 17.2 Å². The zero-order chi connectivity index (χ0) is 25.9. The highest BCUT2D eigenvalue weighted by Crippen LogP contribution is 2.30. The number of aromatic nitrogens is 7. The minimum Gasteiger partial charge on any atom is -0.382 e. The molecule has 0 bridgehead atoms. The zero-order valence-corrected chi connectivity index (χ0v) is 18.5. The van der Waals surface area contributed by atoms with Gasteiger partial charge in [0.15, 0.2) is 29.0 Å². The number of ether oxygens (including phenoxy) is 1. The number of amides is 1. The van der Waals surface area contributed by atoms with Crippen molar-refractivity contribution < 1.29 is 32.3 Å². The highest BCUT2D eigenvalue weighted by atomic mass is 19.4. The lowest BCUT2D eigenvalue weighted by molar-refractivity contribution is -0.143. The number of hydrogen-bond acceptors (Lipinski definition) is 10. The minimum absolute atomic E-state index is 0.00621. The molecule has 1 aliphatic rings. The molecule has 6 rings (SSSR count). The molecular formula is C21H16F3N9O4. The van der Waals surface area contributed by atoms with Crippen LogP contribution in [0, 0.1) is 0 Å². The number of alkyl halides is 3. The number of benzene rings is 1. The lowest BCUT2D eigenvalue weighted by Crippen LogP contribution is -2.50. The van der Waals surface area contributed by atoms with E-state index >= 15 is 0 Å². The number of anilines is 2. The molecule has 1 aliphatic heterocycles. The molecule has 2 atom stereocenters. The Morgan fingerprint density at radius 2 is 2.00 bits per heavy atom. The van der Waals surface area contributed by atoms with Crippen LogP contribution in [0.15, 0.2) is 41.2 Å².